The van der Waals surface area contributed by atoms with Crippen molar-refractivity contribution in [1.82, 2.24) is 15.0 Å². The van der Waals surface area contributed by atoms with Crippen LogP contribution in [0.3, 0.4) is 0 Å². The summed E-state index contributed by atoms with van der Waals surface area (Å²) in [4.78, 5) is 17.4. The average Bonchev–Trinajstić information content (AvgIpc) is 2.75. The molecule has 3 rings (SSSR count). The predicted molar refractivity (Wildman–Crippen MR) is 117 cm³/mol. The molecule has 2 aromatic carbocycles. The lowest BCUT2D eigenvalue weighted by Crippen LogP contribution is -2.30. The first-order valence-corrected chi connectivity index (χ1v) is 11.2. The molecule has 0 aliphatic heterocycles. The Hall–Kier alpha value is -3.03. The van der Waals surface area contributed by atoms with Crippen molar-refractivity contribution < 1.29 is 13.2 Å². The Balaban J connectivity index is 1.80. The first-order valence-electron chi connectivity index (χ1n) is 9.76. The molecule has 0 saturated carbocycles. The normalized spacial score (nSPS) is 12.3. The van der Waals surface area contributed by atoms with E-state index in [2.05, 4.69) is 15.0 Å². The van der Waals surface area contributed by atoms with Crippen molar-refractivity contribution in [3.63, 3.8) is 0 Å². The van der Waals surface area contributed by atoms with Crippen molar-refractivity contribution in [1.29, 1.82) is 0 Å². The Morgan fingerprint density at radius 2 is 1.70 bits per heavy atom. The lowest BCUT2D eigenvalue weighted by atomic mass is 10.0. The number of aromatic nitrogens is 1. The lowest BCUT2D eigenvalue weighted by Gasteiger charge is -2.19. The Kier molecular flexibility index (Phi) is 6.97. The minimum atomic E-state index is -3.55. The van der Waals surface area contributed by atoms with Crippen LogP contribution in [0.1, 0.15) is 40.1 Å². The number of nitrogens with one attached hydrogen (secondary N) is 2. The maximum atomic E-state index is 12.9. The summed E-state index contributed by atoms with van der Waals surface area (Å²) in [5.74, 6) is -0.287. The van der Waals surface area contributed by atoms with Crippen LogP contribution in [0, 0.1) is 6.92 Å². The number of hydrogen-bond acceptors (Lipinski definition) is 4. The molecule has 6 nitrogen and oxygen atoms in total. The molecule has 0 aliphatic rings. The van der Waals surface area contributed by atoms with Crippen LogP contribution in [0.2, 0.25) is 0 Å². The Morgan fingerprint density at radius 3 is 2.30 bits per heavy atom. The summed E-state index contributed by atoms with van der Waals surface area (Å²) >= 11 is 0. The fraction of sp³-hybridized carbons (Fsp3) is 0.217. The minimum absolute atomic E-state index is 0.127. The highest BCUT2D eigenvalue weighted by atomic mass is 32.2. The van der Waals surface area contributed by atoms with Gasteiger partial charge < -0.3 is 5.32 Å². The van der Waals surface area contributed by atoms with Crippen molar-refractivity contribution in [2.75, 3.05) is 6.54 Å². The standard InChI is InChI=1S/C23H25N3O3S/c1-3-25-30(28,29)20-13-11-19(12-14-20)23(27)26-22(21-6-4-5-15-24-21)16-18-9-7-17(2)8-10-18/h4-15,22,25H,3,16H2,1-2H3,(H,26,27). The van der Waals surface area contributed by atoms with Crippen LogP contribution in [0.25, 0.3) is 0 Å². The van der Waals surface area contributed by atoms with Crippen LogP contribution in [-0.2, 0) is 16.4 Å². The van der Waals surface area contributed by atoms with E-state index in [0.29, 0.717) is 18.5 Å². The van der Waals surface area contributed by atoms with Gasteiger partial charge in [-0.05, 0) is 55.3 Å². The van der Waals surface area contributed by atoms with E-state index in [4.69, 9.17) is 0 Å². The molecule has 3 aromatic rings. The topological polar surface area (TPSA) is 88.2 Å². The fourth-order valence-electron chi connectivity index (χ4n) is 3.07. The van der Waals surface area contributed by atoms with Crippen molar-refractivity contribution in [2.24, 2.45) is 0 Å². The van der Waals surface area contributed by atoms with Crippen LogP contribution in [0.5, 0.6) is 0 Å². The Bertz CT molecular complexity index is 1080. The van der Waals surface area contributed by atoms with Crippen LogP contribution in [0.15, 0.2) is 77.8 Å². The van der Waals surface area contributed by atoms with E-state index in [1.807, 2.05) is 49.4 Å². The molecule has 156 valence electrons. The molecular weight excluding hydrogens is 398 g/mol. The number of amides is 1. The van der Waals surface area contributed by atoms with Crippen LogP contribution in [0.4, 0.5) is 0 Å². The third kappa shape index (κ3) is 5.52. The summed E-state index contributed by atoms with van der Waals surface area (Å²) in [6.07, 6.45) is 2.29. The van der Waals surface area contributed by atoms with E-state index in [-0.39, 0.29) is 16.8 Å². The van der Waals surface area contributed by atoms with E-state index >= 15 is 0 Å². The molecule has 1 aromatic heterocycles. The van der Waals surface area contributed by atoms with Gasteiger partial charge in [-0.1, -0.05) is 42.8 Å². The number of hydrogen-bond donors (Lipinski definition) is 2. The minimum Gasteiger partial charge on any atom is -0.343 e. The number of carbonyl (C=O) groups excluding carboxylic acids is 1. The van der Waals surface area contributed by atoms with Gasteiger partial charge in [-0.25, -0.2) is 13.1 Å². The van der Waals surface area contributed by atoms with Crippen molar-refractivity contribution in [3.8, 4) is 0 Å². The van der Waals surface area contributed by atoms with Gasteiger partial charge in [0.1, 0.15) is 0 Å². The summed E-state index contributed by atoms with van der Waals surface area (Å²) in [6.45, 7) is 4.04. The number of pyridine rings is 1. The first-order chi connectivity index (χ1) is 14.4. The van der Waals surface area contributed by atoms with Gasteiger partial charge in [0.15, 0.2) is 0 Å². The van der Waals surface area contributed by atoms with E-state index in [0.717, 1.165) is 11.3 Å². The molecular formula is C23H25N3O3S. The zero-order chi connectivity index (χ0) is 21.6. The molecule has 0 saturated heterocycles. The van der Waals surface area contributed by atoms with Gasteiger partial charge in [-0.2, -0.15) is 0 Å². The van der Waals surface area contributed by atoms with Crippen molar-refractivity contribution >= 4 is 15.9 Å². The van der Waals surface area contributed by atoms with E-state index < -0.39 is 10.0 Å². The fourth-order valence-corrected chi connectivity index (χ4v) is 4.11. The predicted octanol–water partition coefficient (Wildman–Crippen LogP) is 3.40. The van der Waals surface area contributed by atoms with E-state index in [9.17, 15) is 13.2 Å². The smallest absolute Gasteiger partial charge is 0.251 e. The van der Waals surface area contributed by atoms with Gasteiger partial charge in [0, 0.05) is 18.3 Å². The summed E-state index contributed by atoms with van der Waals surface area (Å²) in [5, 5.41) is 3.03. The molecule has 1 atom stereocenters. The molecule has 1 amide bonds. The summed E-state index contributed by atoms with van der Waals surface area (Å²) < 4.78 is 26.6. The lowest BCUT2D eigenvalue weighted by molar-refractivity contribution is 0.0935. The van der Waals surface area contributed by atoms with Gasteiger partial charge in [0.05, 0.1) is 16.6 Å². The van der Waals surface area contributed by atoms with Gasteiger partial charge >= 0.3 is 0 Å². The molecule has 1 unspecified atom stereocenters. The van der Waals surface area contributed by atoms with Crippen molar-refractivity contribution in [3.05, 3.63) is 95.3 Å². The third-order valence-corrected chi connectivity index (χ3v) is 6.23. The van der Waals surface area contributed by atoms with Crippen LogP contribution in [-0.4, -0.2) is 25.9 Å². The second-order valence-electron chi connectivity index (χ2n) is 7.00. The van der Waals surface area contributed by atoms with Crippen LogP contribution >= 0.6 is 0 Å². The molecule has 0 bridgehead atoms. The summed E-state index contributed by atoms with van der Waals surface area (Å²) in [7, 11) is -3.55. The second-order valence-corrected chi connectivity index (χ2v) is 8.76. The maximum absolute atomic E-state index is 12.9. The maximum Gasteiger partial charge on any atom is 0.251 e. The number of rotatable bonds is 8. The first kappa shape index (κ1) is 21.7. The summed E-state index contributed by atoms with van der Waals surface area (Å²) in [6, 6.07) is 19.3. The van der Waals surface area contributed by atoms with Gasteiger partial charge in [-0.3, -0.25) is 9.78 Å². The summed E-state index contributed by atoms with van der Waals surface area (Å²) in [5.41, 5.74) is 3.40. The Morgan fingerprint density at radius 1 is 1.00 bits per heavy atom. The Labute approximate surface area is 177 Å². The molecule has 0 fully saturated rings. The van der Waals surface area contributed by atoms with Crippen molar-refractivity contribution in [2.45, 2.75) is 31.2 Å². The number of sulfonamides is 1. The molecule has 0 radical (unpaired) electrons. The molecule has 2 N–H and O–H groups in total. The number of aryl methyl sites for hydroxylation is 1. The SMILES string of the molecule is CCNS(=O)(=O)c1ccc(C(=O)NC(Cc2ccc(C)cc2)c2ccccn2)cc1. The van der Waals surface area contributed by atoms with Crippen LogP contribution < -0.4 is 10.0 Å². The molecule has 30 heavy (non-hydrogen) atoms. The second kappa shape index (κ2) is 9.65. The zero-order valence-electron chi connectivity index (χ0n) is 17.0. The van der Waals surface area contributed by atoms with E-state index in [1.54, 1.807) is 13.1 Å². The highest BCUT2D eigenvalue weighted by Gasteiger charge is 2.19. The third-order valence-electron chi connectivity index (χ3n) is 4.67. The average molecular weight is 424 g/mol. The largest absolute Gasteiger partial charge is 0.343 e. The van der Waals surface area contributed by atoms with Gasteiger partial charge in [0.2, 0.25) is 10.0 Å². The molecule has 0 spiro atoms. The molecule has 0 aliphatic carbocycles. The van der Waals surface area contributed by atoms with E-state index in [1.165, 1.54) is 29.8 Å². The monoisotopic (exact) mass is 423 g/mol. The number of benzene rings is 2. The highest BCUT2D eigenvalue weighted by molar-refractivity contribution is 7.89. The number of carbonyl (C=O) groups is 1. The highest BCUT2D eigenvalue weighted by Crippen LogP contribution is 2.18. The zero-order valence-corrected chi connectivity index (χ0v) is 17.8. The molecule has 7 heteroatoms. The molecule has 1 heterocycles. The number of nitrogens with zero attached hydrogens (tertiary/aromatic N) is 1. The van der Waals surface area contributed by atoms with Gasteiger partial charge in [-0.15, -0.1) is 0 Å². The quantitative estimate of drug-likeness (QED) is 0.581. The van der Waals surface area contributed by atoms with Gasteiger partial charge in [0.25, 0.3) is 5.91 Å².